The summed E-state index contributed by atoms with van der Waals surface area (Å²) in [4.78, 5) is 11.7. The average Bonchev–Trinajstić information content (AvgIpc) is 2.67. The fraction of sp³-hybridized carbons (Fsp3) is 0.692. The Labute approximate surface area is 109 Å². The van der Waals surface area contributed by atoms with E-state index in [2.05, 4.69) is 17.3 Å². The third kappa shape index (κ3) is 4.77. The highest BCUT2D eigenvalue weighted by atomic mass is 16.1. The zero-order chi connectivity index (χ0) is 13.4. The van der Waals surface area contributed by atoms with Gasteiger partial charge in [0.15, 0.2) is 5.69 Å². The molecule has 0 unspecified atom stereocenters. The van der Waals surface area contributed by atoms with E-state index in [1.165, 1.54) is 25.7 Å². The van der Waals surface area contributed by atoms with Crippen LogP contribution in [0.3, 0.4) is 0 Å². The molecule has 0 aliphatic rings. The van der Waals surface area contributed by atoms with Gasteiger partial charge in [0.1, 0.15) is 0 Å². The molecule has 3 N–H and O–H groups in total. The Balaban J connectivity index is 2.16. The maximum absolute atomic E-state index is 11.7. The van der Waals surface area contributed by atoms with Crippen LogP contribution in [0.15, 0.2) is 6.20 Å². The van der Waals surface area contributed by atoms with Gasteiger partial charge >= 0.3 is 0 Å². The monoisotopic (exact) mass is 252 g/mol. The smallest absolute Gasteiger partial charge is 0.273 e. The Morgan fingerprint density at radius 3 is 2.61 bits per heavy atom. The summed E-state index contributed by atoms with van der Waals surface area (Å²) in [6.07, 6.45) is 8.92. The molecule has 18 heavy (non-hydrogen) atoms. The van der Waals surface area contributed by atoms with Crippen molar-refractivity contribution in [3.63, 3.8) is 0 Å². The number of rotatable bonds is 8. The number of aryl methyl sites for hydroxylation is 1. The maximum atomic E-state index is 11.7. The first-order valence-corrected chi connectivity index (χ1v) is 6.72. The fourth-order valence-electron chi connectivity index (χ4n) is 1.87. The van der Waals surface area contributed by atoms with Crippen molar-refractivity contribution < 1.29 is 4.79 Å². The summed E-state index contributed by atoms with van der Waals surface area (Å²) in [5.74, 6) is -0.179. The highest BCUT2D eigenvalue weighted by molar-refractivity contribution is 5.96. The van der Waals surface area contributed by atoms with Crippen molar-refractivity contribution in [3.05, 3.63) is 11.9 Å². The van der Waals surface area contributed by atoms with Crippen molar-refractivity contribution in [1.29, 1.82) is 0 Å². The maximum Gasteiger partial charge on any atom is 0.273 e. The molecule has 0 atom stereocenters. The fourth-order valence-corrected chi connectivity index (χ4v) is 1.87. The largest absolute Gasteiger partial charge is 0.396 e. The zero-order valence-electron chi connectivity index (χ0n) is 11.4. The first kappa shape index (κ1) is 14.5. The minimum atomic E-state index is -0.179. The number of nitrogens with two attached hydrogens (primary N) is 1. The number of hydrogen-bond acceptors (Lipinski definition) is 3. The second kappa shape index (κ2) is 7.74. The van der Waals surface area contributed by atoms with E-state index < -0.39 is 0 Å². The quantitative estimate of drug-likeness (QED) is 0.696. The van der Waals surface area contributed by atoms with Gasteiger partial charge in [-0.1, -0.05) is 39.0 Å². The third-order valence-corrected chi connectivity index (χ3v) is 2.89. The highest BCUT2D eigenvalue weighted by Crippen LogP contribution is 2.08. The summed E-state index contributed by atoms with van der Waals surface area (Å²) < 4.78 is 1.55. The molecule has 0 aliphatic heterocycles. The van der Waals surface area contributed by atoms with Crippen molar-refractivity contribution in [1.82, 2.24) is 15.1 Å². The van der Waals surface area contributed by atoms with Gasteiger partial charge in [0.25, 0.3) is 5.91 Å². The second-order valence-corrected chi connectivity index (χ2v) is 4.63. The molecule has 1 aromatic rings. The normalized spacial score (nSPS) is 10.6. The van der Waals surface area contributed by atoms with E-state index >= 15 is 0 Å². The number of unbranched alkanes of at least 4 members (excludes halogenated alkanes) is 5. The van der Waals surface area contributed by atoms with Crippen LogP contribution in [0.2, 0.25) is 0 Å². The molecule has 0 radical (unpaired) electrons. The van der Waals surface area contributed by atoms with E-state index in [0.717, 1.165) is 12.8 Å². The summed E-state index contributed by atoms with van der Waals surface area (Å²) in [7, 11) is 1.75. The molecule has 0 saturated heterocycles. The van der Waals surface area contributed by atoms with Gasteiger partial charge in [-0.25, -0.2) is 0 Å². The molecule has 0 saturated carbocycles. The molecule has 0 fully saturated rings. The van der Waals surface area contributed by atoms with Crippen LogP contribution >= 0.6 is 0 Å². The molecule has 0 aliphatic carbocycles. The Bertz CT molecular complexity index is 373. The van der Waals surface area contributed by atoms with Crippen LogP contribution in [0, 0.1) is 0 Å². The van der Waals surface area contributed by atoms with Crippen LogP contribution in [0.1, 0.15) is 55.9 Å². The molecule has 1 heterocycles. The Kier molecular flexibility index (Phi) is 6.25. The summed E-state index contributed by atoms with van der Waals surface area (Å²) >= 11 is 0. The summed E-state index contributed by atoms with van der Waals surface area (Å²) in [6.45, 7) is 2.90. The molecule has 5 nitrogen and oxygen atoms in total. The first-order valence-electron chi connectivity index (χ1n) is 6.72. The SMILES string of the molecule is CCCCCCCCNC(=O)c1nn(C)cc1N. The zero-order valence-corrected chi connectivity index (χ0v) is 11.4. The van der Waals surface area contributed by atoms with Crippen LogP contribution in [0.4, 0.5) is 5.69 Å². The molecule has 1 aromatic heterocycles. The Morgan fingerprint density at radius 1 is 1.33 bits per heavy atom. The predicted octanol–water partition coefficient (Wildman–Crippen LogP) is 2.09. The number of amides is 1. The van der Waals surface area contributed by atoms with Gasteiger partial charge < -0.3 is 11.1 Å². The van der Waals surface area contributed by atoms with Crippen LogP contribution in [-0.2, 0) is 7.05 Å². The number of carbonyl (C=O) groups is 1. The number of carbonyl (C=O) groups excluding carboxylic acids is 1. The van der Waals surface area contributed by atoms with Crippen molar-refractivity contribution >= 4 is 11.6 Å². The number of aromatic nitrogens is 2. The molecule has 0 bridgehead atoms. The number of nitrogen functional groups attached to an aromatic ring is 1. The van der Waals surface area contributed by atoms with E-state index in [1.807, 2.05) is 0 Å². The van der Waals surface area contributed by atoms with Gasteiger partial charge in [0.05, 0.1) is 5.69 Å². The van der Waals surface area contributed by atoms with Crippen LogP contribution in [-0.4, -0.2) is 22.2 Å². The molecule has 5 heteroatoms. The van der Waals surface area contributed by atoms with Crippen LogP contribution < -0.4 is 11.1 Å². The first-order chi connectivity index (χ1) is 8.65. The van der Waals surface area contributed by atoms with Gasteiger partial charge in [-0.15, -0.1) is 0 Å². The lowest BCUT2D eigenvalue weighted by Gasteiger charge is -2.03. The molecular formula is C13H24N4O. The van der Waals surface area contributed by atoms with Crippen LogP contribution in [0.25, 0.3) is 0 Å². The van der Waals surface area contributed by atoms with Gasteiger partial charge in [0, 0.05) is 19.8 Å². The lowest BCUT2D eigenvalue weighted by Crippen LogP contribution is -2.25. The van der Waals surface area contributed by atoms with Gasteiger partial charge in [0.2, 0.25) is 0 Å². The highest BCUT2D eigenvalue weighted by Gasteiger charge is 2.12. The topological polar surface area (TPSA) is 72.9 Å². The Hall–Kier alpha value is -1.52. The lowest BCUT2D eigenvalue weighted by atomic mass is 10.1. The summed E-state index contributed by atoms with van der Waals surface area (Å²) in [5, 5.41) is 6.88. The molecule has 1 amide bonds. The van der Waals surface area contributed by atoms with Crippen molar-refractivity contribution in [2.75, 3.05) is 12.3 Å². The molecule has 102 valence electrons. The van der Waals surface area contributed by atoms with Gasteiger partial charge in [-0.05, 0) is 6.42 Å². The van der Waals surface area contributed by atoms with E-state index in [4.69, 9.17) is 5.73 Å². The van der Waals surface area contributed by atoms with Crippen molar-refractivity contribution in [2.24, 2.45) is 7.05 Å². The molecule has 0 aromatic carbocycles. The van der Waals surface area contributed by atoms with E-state index in [1.54, 1.807) is 17.9 Å². The van der Waals surface area contributed by atoms with E-state index in [-0.39, 0.29) is 5.91 Å². The minimum Gasteiger partial charge on any atom is -0.396 e. The summed E-state index contributed by atoms with van der Waals surface area (Å²) in [5.41, 5.74) is 6.43. The minimum absolute atomic E-state index is 0.179. The Morgan fingerprint density at radius 2 is 2.00 bits per heavy atom. The predicted molar refractivity (Wildman–Crippen MR) is 73.3 cm³/mol. The standard InChI is InChI=1S/C13H24N4O/c1-3-4-5-6-7-8-9-15-13(18)12-11(14)10-17(2)16-12/h10H,3-9,14H2,1-2H3,(H,15,18). The van der Waals surface area contributed by atoms with E-state index in [0.29, 0.717) is 17.9 Å². The number of nitrogens with zero attached hydrogens (tertiary/aromatic N) is 2. The lowest BCUT2D eigenvalue weighted by molar-refractivity contribution is 0.0948. The number of anilines is 1. The van der Waals surface area contributed by atoms with Crippen molar-refractivity contribution in [2.45, 2.75) is 45.4 Å². The molecular weight excluding hydrogens is 228 g/mol. The third-order valence-electron chi connectivity index (χ3n) is 2.89. The van der Waals surface area contributed by atoms with Crippen molar-refractivity contribution in [3.8, 4) is 0 Å². The molecule has 0 spiro atoms. The number of hydrogen-bond donors (Lipinski definition) is 2. The van der Waals surface area contributed by atoms with Gasteiger partial charge in [-0.3, -0.25) is 9.48 Å². The molecule has 1 rings (SSSR count). The van der Waals surface area contributed by atoms with Gasteiger partial charge in [-0.2, -0.15) is 5.10 Å². The number of nitrogens with one attached hydrogen (secondary N) is 1. The second-order valence-electron chi connectivity index (χ2n) is 4.63. The van der Waals surface area contributed by atoms with E-state index in [9.17, 15) is 4.79 Å². The average molecular weight is 252 g/mol. The van der Waals surface area contributed by atoms with Crippen LogP contribution in [0.5, 0.6) is 0 Å². The summed E-state index contributed by atoms with van der Waals surface area (Å²) in [6, 6.07) is 0.